The highest BCUT2D eigenvalue weighted by Gasteiger charge is 2.29. The highest BCUT2D eigenvalue weighted by molar-refractivity contribution is 7.92. The molecule has 0 saturated carbocycles. The van der Waals surface area contributed by atoms with E-state index in [1.54, 1.807) is 37.3 Å². The molecule has 0 heterocycles. The molecular weight excluding hydrogens is 360 g/mol. The number of hydrogen-bond acceptors (Lipinski definition) is 3. The van der Waals surface area contributed by atoms with E-state index in [0.29, 0.717) is 16.4 Å². The summed E-state index contributed by atoms with van der Waals surface area (Å²) in [7, 11) is -3.65. The number of rotatable bonds is 6. The zero-order valence-electron chi connectivity index (χ0n) is 14.4. The van der Waals surface area contributed by atoms with Crippen molar-refractivity contribution in [1.82, 2.24) is 0 Å². The maximum absolute atomic E-state index is 12.7. The third kappa shape index (κ3) is 4.74. The van der Waals surface area contributed by atoms with Gasteiger partial charge < -0.3 is 5.32 Å². The van der Waals surface area contributed by atoms with Gasteiger partial charge in [-0.3, -0.25) is 9.10 Å². The minimum Gasteiger partial charge on any atom is -0.324 e. The molecular formula is C18H21ClN2O3S. The van der Waals surface area contributed by atoms with Crippen LogP contribution in [0.25, 0.3) is 0 Å². The lowest BCUT2D eigenvalue weighted by Gasteiger charge is -2.28. The number of carbonyl (C=O) groups excluding carboxylic acids is 1. The second-order valence-electron chi connectivity index (χ2n) is 5.71. The maximum atomic E-state index is 12.7. The molecule has 0 aliphatic carbocycles. The average Bonchev–Trinajstić information content (AvgIpc) is 2.56. The first-order valence-electron chi connectivity index (χ1n) is 7.87. The van der Waals surface area contributed by atoms with Crippen LogP contribution in [0.4, 0.5) is 11.4 Å². The van der Waals surface area contributed by atoms with E-state index >= 15 is 0 Å². The van der Waals surface area contributed by atoms with Gasteiger partial charge in [0.05, 0.1) is 11.9 Å². The van der Waals surface area contributed by atoms with Gasteiger partial charge in [-0.05, 0) is 49.2 Å². The SMILES string of the molecule is CCc1ccccc1NC(=O)C(C)N(c1ccc(Cl)cc1)S(C)(=O)=O. The number of anilines is 2. The van der Waals surface area contributed by atoms with E-state index in [2.05, 4.69) is 5.32 Å². The quantitative estimate of drug-likeness (QED) is 0.830. The summed E-state index contributed by atoms with van der Waals surface area (Å²) in [5.41, 5.74) is 2.06. The van der Waals surface area contributed by atoms with Gasteiger partial charge in [0.1, 0.15) is 6.04 Å². The lowest BCUT2D eigenvalue weighted by molar-refractivity contribution is -0.116. The fourth-order valence-corrected chi connectivity index (χ4v) is 3.89. The minimum atomic E-state index is -3.65. The Kier molecular flexibility index (Phi) is 6.08. The van der Waals surface area contributed by atoms with Crippen LogP contribution in [0.2, 0.25) is 5.02 Å². The number of halogens is 1. The van der Waals surface area contributed by atoms with E-state index < -0.39 is 22.0 Å². The monoisotopic (exact) mass is 380 g/mol. The average molecular weight is 381 g/mol. The summed E-state index contributed by atoms with van der Waals surface area (Å²) >= 11 is 5.87. The molecule has 2 rings (SSSR count). The number of sulfonamides is 1. The zero-order chi connectivity index (χ0) is 18.6. The predicted molar refractivity (Wildman–Crippen MR) is 103 cm³/mol. The molecule has 1 atom stereocenters. The molecule has 0 aromatic heterocycles. The Balaban J connectivity index is 2.31. The van der Waals surface area contributed by atoms with Gasteiger partial charge in [-0.2, -0.15) is 0 Å². The topological polar surface area (TPSA) is 66.5 Å². The van der Waals surface area contributed by atoms with Crippen molar-refractivity contribution in [2.75, 3.05) is 15.9 Å². The molecule has 0 fully saturated rings. The van der Waals surface area contributed by atoms with Crippen molar-refractivity contribution in [1.29, 1.82) is 0 Å². The van der Waals surface area contributed by atoms with Gasteiger partial charge in [-0.1, -0.05) is 36.7 Å². The fourth-order valence-electron chi connectivity index (χ4n) is 2.58. The Morgan fingerprint density at radius 1 is 1.16 bits per heavy atom. The number of nitrogens with zero attached hydrogens (tertiary/aromatic N) is 1. The van der Waals surface area contributed by atoms with Crippen LogP contribution in [0.5, 0.6) is 0 Å². The van der Waals surface area contributed by atoms with Crippen molar-refractivity contribution in [2.45, 2.75) is 26.3 Å². The smallest absolute Gasteiger partial charge is 0.248 e. The van der Waals surface area contributed by atoms with Gasteiger partial charge in [0.2, 0.25) is 15.9 Å². The Morgan fingerprint density at radius 2 is 1.76 bits per heavy atom. The maximum Gasteiger partial charge on any atom is 0.248 e. The fraction of sp³-hybridized carbons (Fsp3) is 0.278. The molecule has 0 bridgehead atoms. The van der Waals surface area contributed by atoms with Crippen molar-refractivity contribution in [3.05, 3.63) is 59.1 Å². The van der Waals surface area contributed by atoms with E-state index in [0.717, 1.165) is 22.5 Å². The summed E-state index contributed by atoms with van der Waals surface area (Å²) in [4.78, 5) is 12.7. The van der Waals surface area contributed by atoms with Crippen LogP contribution in [-0.4, -0.2) is 26.6 Å². The summed E-state index contributed by atoms with van der Waals surface area (Å²) in [6.07, 6.45) is 1.84. The number of amides is 1. The van der Waals surface area contributed by atoms with Gasteiger partial charge in [0.15, 0.2) is 0 Å². The van der Waals surface area contributed by atoms with E-state index in [-0.39, 0.29) is 0 Å². The summed E-state index contributed by atoms with van der Waals surface area (Å²) in [6, 6.07) is 12.9. The second kappa shape index (κ2) is 7.89. The Morgan fingerprint density at radius 3 is 2.32 bits per heavy atom. The molecule has 0 saturated heterocycles. The molecule has 1 N–H and O–H groups in total. The van der Waals surface area contributed by atoms with Crippen molar-refractivity contribution in [3.8, 4) is 0 Å². The van der Waals surface area contributed by atoms with Crippen LogP contribution in [0.15, 0.2) is 48.5 Å². The number of benzene rings is 2. The number of aryl methyl sites for hydroxylation is 1. The third-order valence-corrected chi connectivity index (χ3v) is 5.32. The van der Waals surface area contributed by atoms with E-state index in [9.17, 15) is 13.2 Å². The number of hydrogen-bond donors (Lipinski definition) is 1. The molecule has 1 unspecified atom stereocenters. The Labute approximate surface area is 153 Å². The Bertz CT molecular complexity index is 851. The number of carbonyl (C=O) groups is 1. The highest BCUT2D eigenvalue weighted by Crippen LogP contribution is 2.24. The van der Waals surface area contributed by atoms with E-state index in [1.165, 1.54) is 0 Å². The number of para-hydroxylation sites is 1. The first-order valence-corrected chi connectivity index (χ1v) is 10.1. The molecule has 0 spiro atoms. The van der Waals surface area contributed by atoms with Crippen molar-refractivity contribution >= 4 is 38.9 Å². The highest BCUT2D eigenvalue weighted by atomic mass is 35.5. The molecule has 0 radical (unpaired) electrons. The number of nitrogens with one attached hydrogen (secondary N) is 1. The Hall–Kier alpha value is -2.05. The minimum absolute atomic E-state index is 0.387. The summed E-state index contributed by atoms with van der Waals surface area (Å²) < 4.78 is 25.6. The van der Waals surface area contributed by atoms with Crippen LogP contribution < -0.4 is 9.62 Å². The molecule has 134 valence electrons. The molecule has 5 nitrogen and oxygen atoms in total. The summed E-state index contributed by atoms with van der Waals surface area (Å²) in [5.74, 6) is -0.402. The molecule has 2 aromatic rings. The second-order valence-corrected chi connectivity index (χ2v) is 8.01. The van der Waals surface area contributed by atoms with Crippen LogP contribution in [0, 0.1) is 0 Å². The van der Waals surface area contributed by atoms with E-state index in [4.69, 9.17) is 11.6 Å². The molecule has 2 aromatic carbocycles. The standard InChI is InChI=1S/C18H21ClN2O3S/c1-4-14-7-5-6-8-17(14)20-18(22)13(2)21(25(3,23)24)16-11-9-15(19)10-12-16/h5-13H,4H2,1-3H3,(H,20,22). The van der Waals surface area contributed by atoms with Crippen molar-refractivity contribution in [2.24, 2.45) is 0 Å². The molecule has 0 aliphatic rings. The molecule has 7 heteroatoms. The molecule has 1 amide bonds. The van der Waals surface area contributed by atoms with Crippen LogP contribution in [0.3, 0.4) is 0 Å². The lowest BCUT2D eigenvalue weighted by atomic mass is 10.1. The molecule has 25 heavy (non-hydrogen) atoms. The molecule has 0 aliphatic heterocycles. The normalized spacial score (nSPS) is 12.5. The zero-order valence-corrected chi connectivity index (χ0v) is 15.9. The van der Waals surface area contributed by atoms with E-state index in [1.807, 2.05) is 25.1 Å². The van der Waals surface area contributed by atoms with Gasteiger partial charge >= 0.3 is 0 Å². The van der Waals surface area contributed by atoms with Crippen molar-refractivity contribution in [3.63, 3.8) is 0 Å². The predicted octanol–water partition coefficient (Wildman–Crippen LogP) is 3.70. The largest absolute Gasteiger partial charge is 0.324 e. The van der Waals surface area contributed by atoms with Gasteiger partial charge in [-0.15, -0.1) is 0 Å². The van der Waals surface area contributed by atoms with Crippen LogP contribution in [-0.2, 0) is 21.2 Å². The lowest BCUT2D eigenvalue weighted by Crippen LogP contribution is -2.45. The van der Waals surface area contributed by atoms with Crippen LogP contribution in [0.1, 0.15) is 19.4 Å². The summed E-state index contributed by atoms with van der Waals surface area (Å²) in [5, 5.41) is 3.32. The van der Waals surface area contributed by atoms with Gasteiger partial charge in [0, 0.05) is 10.7 Å². The third-order valence-electron chi connectivity index (χ3n) is 3.83. The first-order chi connectivity index (χ1) is 11.7. The van der Waals surface area contributed by atoms with Gasteiger partial charge in [-0.25, -0.2) is 8.42 Å². The van der Waals surface area contributed by atoms with Crippen molar-refractivity contribution < 1.29 is 13.2 Å². The first kappa shape index (κ1) is 19.3. The summed E-state index contributed by atoms with van der Waals surface area (Å²) in [6.45, 7) is 3.55. The van der Waals surface area contributed by atoms with Crippen LogP contribution >= 0.6 is 11.6 Å². The van der Waals surface area contributed by atoms with Gasteiger partial charge in [0.25, 0.3) is 0 Å².